The predicted octanol–water partition coefficient (Wildman–Crippen LogP) is 3.81. The van der Waals surface area contributed by atoms with Crippen LogP contribution in [0.4, 0.5) is 5.82 Å². The molecule has 0 amide bonds. The summed E-state index contributed by atoms with van der Waals surface area (Å²) in [4.78, 5) is 19.9. The van der Waals surface area contributed by atoms with E-state index in [0.29, 0.717) is 11.3 Å². The maximum absolute atomic E-state index is 5.62. The van der Waals surface area contributed by atoms with Crippen LogP contribution in [0.1, 0.15) is 30.7 Å². The molecule has 0 aromatic carbocycles. The van der Waals surface area contributed by atoms with Crippen LogP contribution in [0.2, 0.25) is 0 Å². The number of H-pyrrole nitrogens is 1. The standard InChI is InChI=1S/C20H23N5OS/c1-13-12-26-9-8-25(13)18-11-16(17-3-2-10-27-17)23-20(24-18)15-5-7-22-19-14(15)4-6-21-19/h4-7,11,13,17H,2-3,8-10,12H2,1H3,(H,21,22). The molecular formula is C20H23N5OS. The number of anilines is 1. The highest BCUT2D eigenvalue weighted by atomic mass is 32.2. The zero-order chi connectivity index (χ0) is 18.2. The molecule has 0 radical (unpaired) electrons. The molecule has 0 saturated carbocycles. The molecule has 5 heterocycles. The summed E-state index contributed by atoms with van der Waals surface area (Å²) >= 11 is 2.01. The summed E-state index contributed by atoms with van der Waals surface area (Å²) in [7, 11) is 0. The Balaban J connectivity index is 1.64. The molecule has 0 bridgehead atoms. The smallest absolute Gasteiger partial charge is 0.162 e. The highest BCUT2D eigenvalue weighted by molar-refractivity contribution is 7.99. The Morgan fingerprint density at radius 2 is 2.26 bits per heavy atom. The summed E-state index contributed by atoms with van der Waals surface area (Å²) < 4.78 is 5.62. The highest BCUT2D eigenvalue weighted by Gasteiger charge is 2.25. The highest BCUT2D eigenvalue weighted by Crippen LogP contribution is 2.40. The third-order valence-electron chi connectivity index (χ3n) is 5.35. The van der Waals surface area contributed by atoms with Crippen molar-refractivity contribution in [3.05, 3.63) is 36.3 Å². The summed E-state index contributed by atoms with van der Waals surface area (Å²) in [5.74, 6) is 3.02. The average molecular weight is 382 g/mol. The van der Waals surface area contributed by atoms with Crippen LogP contribution < -0.4 is 4.90 Å². The molecule has 140 valence electrons. The molecule has 6 nitrogen and oxygen atoms in total. The van der Waals surface area contributed by atoms with Crippen molar-refractivity contribution in [1.82, 2.24) is 19.9 Å². The van der Waals surface area contributed by atoms with E-state index in [1.165, 1.54) is 18.6 Å². The first-order valence-electron chi connectivity index (χ1n) is 9.57. The number of thioether (sulfide) groups is 1. The van der Waals surface area contributed by atoms with Gasteiger partial charge in [-0.3, -0.25) is 0 Å². The molecule has 2 saturated heterocycles. The monoisotopic (exact) mass is 381 g/mol. The summed E-state index contributed by atoms with van der Waals surface area (Å²) in [5, 5.41) is 1.53. The maximum Gasteiger partial charge on any atom is 0.162 e. The molecule has 1 N–H and O–H groups in total. The molecule has 2 aliphatic rings. The van der Waals surface area contributed by atoms with Gasteiger partial charge in [0.15, 0.2) is 5.82 Å². The Kier molecular flexibility index (Phi) is 4.49. The third-order valence-corrected chi connectivity index (χ3v) is 6.76. The van der Waals surface area contributed by atoms with Crippen LogP contribution in [-0.2, 0) is 4.74 Å². The number of pyridine rings is 1. The molecule has 2 atom stereocenters. The number of aromatic amines is 1. The van der Waals surface area contributed by atoms with Gasteiger partial charge < -0.3 is 14.6 Å². The SMILES string of the molecule is CC1COCCN1c1cc(C2CCCS2)nc(-c2ccnc3[nH]ccc23)n1. The van der Waals surface area contributed by atoms with E-state index in [9.17, 15) is 0 Å². The van der Waals surface area contributed by atoms with Crippen LogP contribution in [-0.4, -0.2) is 51.5 Å². The molecule has 0 spiro atoms. The maximum atomic E-state index is 5.62. The van der Waals surface area contributed by atoms with Crippen molar-refractivity contribution in [2.24, 2.45) is 0 Å². The minimum Gasteiger partial charge on any atom is -0.377 e. The molecule has 2 aliphatic heterocycles. The number of nitrogens with one attached hydrogen (secondary N) is 1. The van der Waals surface area contributed by atoms with Gasteiger partial charge in [0.25, 0.3) is 0 Å². The number of nitrogens with zero attached hydrogens (tertiary/aromatic N) is 4. The van der Waals surface area contributed by atoms with Crippen molar-refractivity contribution in [1.29, 1.82) is 0 Å². The van der Waals surface area contributed by atoms with Crippen LogP contribution in [0.15, 0.2) is 30.6 Å². The summed E-state index contributed by atoms with van der Waals surface area (Å²) in [6.45, 7) is 4.55. The van der Waals surface area contributed by atoms with Gasteiger partial charge in [-0.2, -0.15) is 11.8 Å². The average Bonchev–Trinajstić information content (AvgIpc) is 3.39. The fourth-order valence-corrected chi connectivity index (χ4v) is 5.16. The molecule has 5 rings (SSSR count). The number of fused-ring (bicyclic) bond motifs is 1. The van der Waals surface area contributed by atoms with E-state index in [1.54, 1.807) is 0 Å². The molecule has 7 heteroatoms. The van der Waals surface area contributed by atoms with Crippen LogP contribution in [0, 0.1) is 0 Å². The van der Waals surface area contributed by atoms with E-state index < -0.39 is 0 Å². The van der Waals surface area contributed by atoms with Crippen LogP contribution >= 0.6 is 11.8 Å². The van der Waals surface area contributed by atoms with Gasteiger partial charge in [0.05, 0.1) is 24.9 Å². The largest absolute Gasteiger partial charge is 0.377 e. The number of ether oxygens (including phenoxy) is 1. The van der Waals surface area contributed by atoms with E-state index in [-0.39, 0.29) is 0 Å². The summed E-state index contributed by atoms with van der Waals surface area (Å²) in [5.41, 5.74) is 3.06. The fourth-order valence-electron chi connectivity index (χ4n) is 3.92. The third kappa shape index (κ3) is 3.19. The van der Waals surface area contributed by atoms with E-state index in [2.05, 4.69) is 33.9 Å². The first-order chi connectivity index (χ1) is 13.3. The van der Waals surface area contributed by atoms with Crippen LogP contribution in [0.25, 0.3) is 22.4 Å². The predicted molar refractivity (Wildman–Crippen MR) is 109 cm³/mol. The number of hydrogen-bond acceptors (Lipinski definition) is 6. The Labute approximate surface area is 162 Å². The molecule has 0 aliphatic carbocycles. The first-order valence-corrected chi connectivity index (χ1v) is 10.6. The summed E-state index contributed by atoms with van der Waals surface area (Å²) in [6.07, 6.45) is 6.19. The molecule has 3 aromatic heterocycles. The molecule has 2 fully saturated rings. The molecule has 3 aromatic rings. The van der Waals surface area contributed by atoms with Crippen LogP contribution in [0.5, 0.6) is 0 Å². The topological polar surface area (TPSA) is 66.9 Å². The van der Waals surface area contributed by atoms with Gasteiger partial charge in [-0.1, -0.05) is 0 Å². The van der Waals surface area contributed by atoms with Gasteiger partial charge >= 0.3 is 0 Å². The number of morpholine rings is 1. The summed E-state index contributed by atoms with van der Waals surface area (Å²) in [6, 6.07) is 6.58. The van der Waals surface area contributed by atoms with E-state index in [1.807, 2.05) is 30.2 Å². The van der Waals surface area contributed by atoms with Crippen molar-refractivity contribution in [2.45, 2.75) is 31.1 Å². The second kappa shape index (κ2) is 7.13. The van der Waals surface area contributed by atoms with Gasteiger partial charge in [-0.25, -0.2) is 15.0 Å². The van der Waals surface area contributed by atoms with Crippen molar-refractivity contribution < 1.29 is 4.74 Å². The lowest BCUT2D eigenvalue weighted by Gasteiger charge is -2.34. The number of aromatic nitrogens is 4. The van der Waals surface area contributed by atoms with Gasteiger partial charge in [-0.05, 0) is 37.7 Å². The Bertz CT molecular complexity index is 952. The lowest BCUT2D eigenvalue weighted by Crippen LogP contribution is -2.44. The van der Waals surface area contributed by atoms with Gasteiger partial charge in [0, 0.05) is 41.2 Å². The zero-order valence-corrected chi connectivity index (χ0v) is 16.2. The van der Waals surface area contributed by atoms with Crippen molar-refractivity contribution in [3.8, 4) is 11.4 Å². The van der Waals surface area contributed by atoms with Gasteiger partial charge in [0.1, 0.15) is 11.5 Å². The second-order valence-electron chi connectivity index (χ2n) is 7.19. The molecular weight excluding hydrogens is 358 g/mol. The number of hydrogen-bond donors (Lipinski definition) is 1. The van der Waals surface area contributed by atoms with Crippen LogP contribution in [0.3, 0.4) is 0 Å². The Hall–Kier alpha value is -2.12. The van der Waals surface area contributed by atoms with E-state index in [0.717, 1.165) is 53.7 Å². The normalized spacial score (nSPS) is 23.2. The van der Waals surface area contributed by atoms with Gasteiger partial charge in [-0.15, -0.1) is 0 Å². The minimum absolute atomic E-state index is 0.315. The van der Waals surface area contributed by atoms with E-state index in [4.69, 9.17) is 14.7 Å². The molecule has 2 unspecified atom stereocenters. The van der Waals surface area contributed by atoms with E-state index >= 15 is 0 Å². The lowest BCUT2D eigenvalue weighted by atomic mass is 10.1. The second-order valence-corrected chi connectivity index (χ2v) is 8.50. The van der Waals surface area contributed by atoms with Gasteiger partial charge in [0.2, 0.25) is 0 Å². The number of rotatable bonds is 3. The Morgan fingerprint density at radius 1 is 1.30 bits per heavy atom. The minimum atomic E-state index is 0.315. The van der Waals surface area contributed by atoms with Crippen molar-refractivity contribution >= 4 is 28.6 Å². The molecule has 27 heavy (non-hydrogen) atoms. The zero-order valence-electron chi connectivity index (χ0n) is 15.4. The fraction of sp³-hybridized carbons (Fsp3) is 0.450. The van der Waals surface area contributed by atoms with Crippen molar-refractivity contribution in [3.63, 3.8) is 0 Å². The first kappa shape index (κ1) is 17.0. The Morgan fingerprint density at radius 3 is 3.11 bits per heavy atom. The lowest BCUT2D eigenvalue weighted by molar-refractivity contribution is 0.0985. The quantitative estimate of drug-likeness (QED) is 0.744. The van der Waals surface area contributed by atoms with Crippen molar-refractivity contribution in [2.75, 3.05) is 30.4 Å².